The Bertz CT molecular complexity index is 431. The molecule has 5 nitrogen and oxygen atoms in total. The molecule has 1 aromatic heterocycles. The number of aliphatic imine (C=N–C) groups is 1. The standard InChI is InChI=1S/C19H35N5/c1-4-20-19(23-16-13-18-12-8-10-14-21-18)22-15-9-6-5-7-11-17-24(2)3/h8,10,12,14H,4-7,9,11,13,15-17H2,1-3H3,(H2,20,22,23). The van der Waals surface area contributed by atoms with Crippen LogP contribution in [0.3, 0.4) is 0 Å². The zero-order valence-electron chi connectivity index (χ0n) is 15.7. The van der Waals surface area contributed by atoms with Crippen LogP contribution in [-0.4, -0.2) is 56.1 Å². The molecular formula is C19H35N5. The van der Waals surface area contributed by atoms with Crippen molar-refractivity contribution in [2.45, 2.75) is 45.4 Å². The van der Waals surface area contributed by atoms with Crippen LogP contribution >= 0.6 is 0 Å². The summed E-state index contributed by atoms with van der Waals surface area (Å²) in [5.41, 5.74) is 1.11. The number of rotatable bonds is 12. The molecule has 0 saturated carbocycles. The van der Waals surface area contributed by atoms with Gasteiger partial charge in [-0.2, -0.15) is 0 Å². The van der Waals surface area contributed by atoms with E-state index in [1.54, 1.807) is 0 Å². The van der Waals surface area contributed by atoms with Gasteiger partial charge in [0, 0.05) is 37.9 Å². The van der Waals surface area contributed by atoms with E-state index in [0.717, 1.165) is 37.7 Å². The normalized spacial score (nSPS) is 11.8. The highest BCUT2D eigenvalue weighted by molar-refractivity contribution is 5.79. The van der Waals surface area contributed by atoms with Crippen molar-refractivity contribution in [3.8, 4) is 0 Å². The van der Waals surface area contributed by atoms with Crippen LogP contribution in [0.25, 0.3) is 0 Å². The van der Waals surface area contributed by atoms with Crippen molar-refractivity contribution in [2.24, 2.45) is 4.99 Å². The Hall–Kier alpha value is -1.62. The van der Waals surface area contributed by atoms with E-state index in [9.17, 15) is 0 Å². The zero-order valence-corrected chi connectivity index (χ0v) is 15.7. The maximum atomic E-state index is 4.66. The number of guanidine groups is 1. The maximum Gasteiger partial charge on any atom is 0.191 e. The molecule has 1 rings (SSSR count). The van der Waals surface area contributed by atoms with Gasteiger partial charge in [0.1, 0.15) is 0 Å². The number of nitrogens with one attached hydrogen (secondary N) is 2. The molecule has 0 atom stereocenters. The lowest BCUT2D eigenvalue weighted by molar-refractivity contribution is 0.390. The second kappa shape index (κ2) is 13.8. The van der Waals surface area contributed by atoms with Gasteiger partial charge in [0.25, 0.3) is 0 Å². The van der Waals surface area contributed by atoms with Crippen LogP contribution in [0.15, 0.2) is 29.4 Å². The van der Waals surface area contributed by atoms with Crippen LogP contribution in [0.4, 0.5) is 0 Å². The molecular weight excluding hydrogens is 298 g/mol. The summed E-state index contributed by atoms with van der Waals surface area (Å²) in [7, 11) is 4.27. The molecule has 0 saturated heterocycles. The average Bonchev–Trinajstić information content (AvgIpc) is 2.58. The number of unbranched alkanes of at least 4 members (excludes halogenated alkanes) is 4. The molecule has 0 fully saturated rings. The van der Waals surface area contributed by atoms with Crippen molar-refractivity contribution in [3.63, 3.8) is 0 Å². The monoisotopic (exact) mass is 333 g/mol. The first-order valence-electron chi connectivity index (χ1n) is 9.29. The SMILES string of the molecule is CCNC(=NCCCCCCCN(C)C)NCCc1ccccn1. The largest absolute Gasteiger partial charge is 0.357 e. The topological polar surface area (TPSA) is 52.6 Å². The van der Waals surface area contributed by atoms with E-state index in [1.165, 1.54) is 38.6 Å². The summed E-state index contributed by atoms with van der Waals surface area (Å²) < 4.78 is 0. The van der Waals surface area contributed by atoms with Gasteiger partial charge in [-0.3, -0.25) is 9.98 Å². The minimum atomic E-state index is 0.855. The molecule has 5 heteroatoms. The van der Waals surface area contributed by atoms with Gasteiger partial charge in [-0.25, -0.2) is 0 Å². The third-order valence-corrected chi connectivity index (χ3v) is 3.78. The van der Waals surface area contributed by atoms with E-state index in [0.29, 0.717) is 0 Å². The Balaban J connectivity index is 2.13. The van der Waals surface area contributed by atoms with E-state index in [1.807, 2.05) is 18.3 Å². The molecule has 136 valence electrons. The minimum absolute atomic E-state index is 0.855. The lowest BCUT2D eigenvalue weighted by Gasteiger charge is -2.11. The molecule has 0 unspecified atom stereocenters. The van der Waals surface area contributed by atoms with E-state index < -0.39 is 0 Å². The second-order valence-corrected chi connectivity index (χ2v) is 6.33. The van der Waals surface area contributed by atoms with Gasteiger partial charge in [0.05, 0.1) is 0 Å². The first kappa shape index (κ1) is 20.4. The van der Waals surface area contributed by atoms with Crippen molar-refractivity contribution in [1.29, 1.82) is 0 Å². The predicted molar refractivity (Wildman–Crippen MR) is 104 cm³/mol. The molecule has 1 aromatic rings. The van der Waals surface area contributed by atoms with Crippen molar-refractivity contribution < 1.29 is 0 Å². The van der Waals surface area contributed by atoms with Gasteiger partial charge in [-0.05, 0) is 52.5 Å². The highest BCUT2D eigenvalue weighted by atomic mass is 15.2. The van der Waals surface area contributed by atoms with Crippen molar-refractivity contribution in [2.75, 3.05) is 40.3 Å². The van der Waals surface area contributed by atoms with Gasteiger partial charge >= 0.3 is 0 Å². The second-order valence-electron chi connectivity index (χ2n) is 6.33. The van der Waals surface area contributed by atoms with Crippen LogP contribution < -0.4 is 10.6 Å². The Kier molecular flexibility index (Phi) is 11.7. The molecule has 0 aromatic carbocycles. The number of aromatic nitrogens is 1. The van der Waals surface area contributed by atoms with E-state index in [2.05, 4.69) is 52.6 Å². The molecule has 2 N–H and O–H groups in total. The number of nitrogens with zero attached hydrogens (tertiary/aromatic N) is 3. The fourth-order valence-electron chi connectivity index (χ4n) is 2.46. The molecule has 0 aliphatic heterocycles. The fourth-order valence-corrected chi connectivity index (χ4v) is 2.46. The lowest BCUT2D eigenvalue weighted by Crippen LogP contribution is -2.38. The Morgan fingerprint density at radius 3 is 2.58 bits per heavy atom. The first-order chi connectivity index (χ1) is 11.7. The van der Waals surface area contributed by atoms with E-state index >= 15 is 0 Å². The summed E-state index contributed by atoms with van der Waals surface area (Å²) in [6.07, 6.45) is 9.12. The summed E-state index contributed by atoms with van der Waals surface area (Å²) in [6, 6.07) is 6.03. The summed E-state index contributed by atoms with van der Waals surface area (Å²) in [6.45, 7) is 5.93. The summed E-state index contributed by atoms with van der Waals surface area (Å²) in [4.78, 5) is 11.3. The Morgan fingerprint density at radius 2 is 1.88 bits per heavy atom. The summed E-state index contributed by atoms with van der Waals surface area (Å²) in [5, 5.41) is 6.69. The van der Waals surface area contributed by atoms with Crippen LogP contribution in [0.5, 0.6) is 0 Å². The van der Waals surface area contributed by atoms with Crippen LogP contribution in [0.1, 0.15) is 44.7 Å². The van der Waals surface area contributed by atoms with Gasteiger partial charge in [-0.15, -0.1) is 0 Å². The van der Waals surface area contributed by atoms with E-state index in [-0.39, 0.29) is 0 Å². The fraction of sp³-hybridized carbons (Fsp3) is 0.684. The molecule has 24 heavy (non-hydrogen) atoms. The third-order valence-electron chi connectivity index (χ3n) is 3.78. The van der Waals surface area contributed by atoms with Gasteiger partial charge in [0.2, 0.25) is 0 Å². The van der Waals surface area contributed by atoms with Gasteiger partial charge in [0.15, 0.2) is 5.96 Å². The van der Waals surface area contributed by atoms with Crippen molar-refractivity contribution in [1.82, 2.24) is 20.5 Å². The minimum Gasteiger partial charge on any atom is -0.357 e. The molecule has 0 bridgehead atoms. The number of hydrogen-bond donors (Lipinski definition) is 2. The van der Waals surface area contributed by atoms with Crippen LogP contribution in [0.2, 0.25) is 0 Å². The van der Waals surface area contributed by atoms with E-state index in [4.69, 9.17) is 0 Å². The maximum absolute atomic E-state index is 4.66. The lowest BCUT2D eigenvalue weighted by atomic mass is 10.1. The predicted octanol–water partition coefficient (Wildman–Crippen LogP) is 2.69. The molecule has 1 heterocycles. The highest BCUT2D eigenvalue weighted by Gasteiger charge is 1.98. The zero-order chi connectivity index (χ0) is 17.5. The quantitative estimate of drug-likeness (QED) is 0.351. The first-order valence-corrected chi connectivity index (χ1v) is 9.29. The Labute approximate surface area is 148 Å². The van der Waals surface area contributed by atoms with Crippen LogP contribution in [0, 0.1) is 0 Å². The number of pyridine rings is 1. The summed E-state index contributed by atoms with van der Waals surface area (Å²) >= 11 is 0. The third kappa shape index (κ3) is 11.0. The van der Waals surface area contributed by atoms with Crippen molar-refractivity contribution >= 4 is 5.96 Å². The smallest absolute Gasteiger partial charge is 0.191 e. The molecule has 0 aliphatic carbocycles. The van der Waals surface area contributed by atoms with Crippen molar-refractivity contribution in [3.05, 3.63) is 30.1 Å². The molecule has 0 amide bonds. The van der Waals surface area contributed by atoms with Gasteiger partial charge in [-0.1, -0.05) is 25.3 Å². The number of hydrogen-bond acceptors (Lipinski definition) is 3. The van der Waals surface area contributed by atoms with Gasteiger partial charge < -0.3 is 15.5 Å². The molecule has 0 radical (unpaired) electrons. The Morgan fingerprint density at radius 1 is 1.08 bits per heavy atom. The average molecular weight is 334 g/mol. The molecule has 0 spiro atoms. The molecule has 0 aliphatic rings. The highest BCUT2D eigenvalue weighted by Crippen LogP contribution is 2.03. The summed E-state index contributed by atoms with van der Waals surface area (Å²) in [5.74, 6) is 0.918. The van der Waals surface area contributed by atoms with Crippen LogP contribution in [-0.2, 0) is 6.42 Å².